The average molecular weight is 296 g/mol. The van der Waals surface area contributed by atoms with E-state index in [-0.39, 0.29) is 24.8 Å². The van der Waals surface area contributed by atoms with Crippen LogP contribution in [0.5, 0.6) is 5.75 Å². The zero-order valence-electron chi connectivity index (χ0n) is 12.2. The van der Waals surface area contributed by atoms with Crippen LogP contribution in [-0.4, -0.2) is 25.5 Å². The van der Waals surface area contributed by atoms with Gasteiger partial charge in [-0.25, -0.2) is 0 Å². The summed E-state index contributed by atoms with van der Waals surface area (Å²) in [5.41, 5.74) is 2.19. The number of nitrogens with zero attached hydrogens (tertiary/aromatic N) is 1. The van der Waals surface area contributed by atoms with Crippen LogP contribution in [0.1, 0.15) is 5.56 Å². The van der Waals surface area contributed by atoms with Crippen LogP contribution in [0.25, 0.3) is 0 Å². The van der Waals surface area contributed by atoms with E-state index in [1.54, 1.807) is 13.2 Å². The van der Waals surface area contributed by atoms with Gasteiger partial charge in [-0.1, -0.05) is 30.3 Å². The van der Waals surface area contributed by atoms with Gasteiger partial charge in [0.15, 0.2) is 0 Å². The Morgan fingerprint density at radius 3 is 2.73 bits per heavy atom. The first-order valence-corrected chi connectivity index (χ1v) is 7.00. The minimum atomic E-state index is -0.188. The summed E-state index contributed by atoms with van der Waals surface area (Å²) in [5.74, 6) is 0.351. The number of carbonyl (C=O) groups is 2. The fourth-order valence-corrected chi connectivity index (χ4v) is 2.56. The lowest BCUT2D eigenvalue weighted by Crippen LogP contribution is -2.42. The molecule has 22 heavy (non-hydrogen) atoms. The molecular weight excluding hydrogens is 280 g/mol. The van der Waals surface area contributed by atoms with E-state index in [2.05, 4.69) is 5.32 Å². The van der Waals surface area contributed by atoms with Crippen LogP contribution in [-0.2, 0) is 16.0 Å². The van der Waals surface area contributed by atoms with Crippen LogP contribution >= 0.6 is 0 Å². The predicted molar refractivity (Wildman–Crippen MR) is 84.1 cm³/mol. The second-order valence-electron chi connectivity index (χ2n) is 5.03. The van der Waals surface area contributed by atoms with Crippen molar-refractivity contribution in [3.8, 4) is 5.75 Å². The highest BCUT2D eigenvalue weighted by Crippen LogP contribution is 2.30. The van der Waals surface area contributed by atoms with E-state index in [1.165, 1.54) is 4.90 Å². The van der Waals surface area contributed by atoms with Gasteiger partial charge in [0.25, 0.3) is 0 Å². The molecule has 5 heteroatoms. The fourth-order valence-electron chi connectivity index (χ4n) is 2.56. The number of amides is 2. The molecule has 0 atom stereocenters. The van der Waals surface area contributed by atoms with Gasteiger partial charge in [-0.05, 0) is 18.2 Å². The molecule has 1 aliphatic heterocycles. The molecule has 0 fully saturated rings. The Morgan fingerprint density at radius 1 is 1.18 bits per heavy atom. The molecular formula is C17H16N2O3. The van der Waals surface area contributed by atoms with E-state index >= 15 is 0 Å². The lowest BCUT2D eigenvalue weighted by atomic mass is 10.1. The van der Waals surface area contributed by atoms with Crippen molar-refractivity contribution in [3.63, 3.8) is 0 Å². The number of anilines is 2. The third kappa shape index (κ3) is 2.65. The van der Waals surface area contributed by atoms with Crippen molar-refractivity contribution in [1.29, 1.82) is 0 Å². The van der Waals surface area contributed by atoms with Crippen LogP contribution in [0.4, 0.5) is 11.4 Å². The predicted octanol–water partition coefficient (Wildman–Crippen LogP) is 2.22. The van der Waals surface area contributed by atoms with Crippen LogP contribution in [0.3, 0.4) is 0 Å². The third-order valence-corrected chi connectivity index (χ3v) is 3.61. The summed E-state index contributed by atoms with van der Waals surface area (Å²) in [4.78, 5) is 25.9. The molecule has 0 saturated heterocycles. The van der Waals surface area contributed by atoms with Crippen molar-refractivity contribution in [1.82, 2.24) is 0 Å². The van der Waals surface area contributed by atoms with Crippen LogP contribution in [0.2, 0.25) is 0 Å². The first-order valence-electron chi connectivity index (χ1n) is 7.00. The summed E-state index contributed by atoms with van der Waals surface area (Å²) >= 11 is 0. The normalized spacial score (nSPS) is 13.3. The molecule has 0 saturated carbocycles. The molecule has 2 aromatic carbocycles. The van der Waals surface area contributed by atoms with Gasteiger partial charge in [0.2, 0.25) is 11.8 Å². The third-order valence-electron chi connectivity index (χ3n) is 3.61. The van der Waals surface area contributed by atoms with Gasteiger partial charge >= 0.3 is 0 Å². The van der Waals surface area contributed by atoms with Crippen molar-refractivity contribution >= 4 is 23.2 Å². The Morgan fingerprint density at radius 2 is 1.91 bits per heavy atom. The summed E-state index contributed by atoms with van der Waals surface area (Å²) in [6, 6.07) is 14.7. The molecule has 0 spiro atoms. The van der Waals surface area contributed by atoms with Crippen molar-refractivity contribution in [2.24, 2.45) is 0 Å². The van der Waals surface area contributed by atoms with E-state index in [1.807, 2.05) is 42.5 Å². The molecule has 5 nitrogen and oxygen atoms in total. The Bertz CT molecular complexity index is 727. The van der Waals surface area contributed by atoms with Gasteiger partial charge in [-0.2, -0.15) is 0 Å². The smallest absolute Gasteiger partial charge is 0.244 e. The highest BCUT2D eigenvalue weighted by Gasteiger charge is 2.26. The summed E-state index contributed by atoms with van der Waals surface area (Å²) in [6.07, 6.45) is 0.186. The van der Waals surface area contributed by atoms with Crippen LogP contribution < -0.4 is 15.0 Å². The molecule has 0 aromatic heterocycles. The van der Waals surface area contributed by atoms with Crippen molar-refractivity contribution in [2.75, 3.05) is 23.9 Å². The first kappa shape index (κ1) is 14.1. The topological polar surface area (TPSA) is 58.6 Å². The van der Waals surface area contributed by atoms with Gasteiger partial charge in [0.1, 0.15) is 12.3 Å². The second-order valence-corrected chi connectivity index (χ2v) is 5.03. The molecule has 112 valence electrons. The molecule has 1 heterocycles. The van der Waals surface area contributed by atoms with Gasteiger partial charge in [0, 0.05) is 5.56 Å². The number of benzene rings is 2. The van der Waals surface area contributed by atoms with Gasteiger partial charge in [0.05, 0.1) is 24.9 Å². The number of hydrogen-bond acceptors (Lipinski definition) is 3. The maximum absolute atomic E-state index is 12.6. The highest BCUT2D eigenvalue weighted by atomic mass is 16.5. The Balaban J connectivity index is 1.88. The number of para-hydroxylation sites is 3. The first-order chi connectivity index (χ1) is 10.7. The SMILES string of the molecule is COc1ccccc1CC(=O)N1CC(=O)Nc2ccccc21. The number of rotatable bonds is 3. The van der Waals surface area contributed by atoms with Crippen molar-refractivity contribution < 1.29 is 14.3 Å². The Hall–Kier alpha value is -2.82. The number of fused-ring (bicyclic) bond motifs is 1. The van der Waals surface area contributed by atoms with E-state index in [0.29, 0.717) is 11.4 Å². The summed E-state index contributed by atoms with van der Waals surface area (Å²) in [6.45, 7) is 0.0327. The Labute approximate surface area is 128 Å². The molecule has 0 unspecified atom stereocenters. The Kier molecular flexibility index (Phi) is 3.78. The molecule has 0 radical (unpaired) electrons. The number of carbonyl (C=O) groups excluding carboxylic acids is 2. The zero-order chi connectivity index (χ0) is 15.5. The second kappa shape index (κ2) is 5.89. The largest absolute Gasteiger partial charge is 0.496 e. The van der Waals surface area contributed by atoms with E-state index in [4.69, 9.17) is 4.74 Å². The number of nitrogens with one attached hydrogen (secondary N) is 1. The standard InChI is InChI=1S/C17H16N2O3/c1-22-15-9-5-2-6-12(15)10-17(21)19-11-16(20)18-13-7-3-4-8-14(13)19/h2-9H,10-11H2,1H3,(H,18,20). The zero-order valence-corrected chi connectivity index (χ0v) is 12.2. The number of hydrogen-bond donors (Lipinski definition) is 1. The number of ether oxygens (including phenoxy) is 1. The van der Waals surface area contributed by atoms with E-state index in [0.717, 1.165) is 11.3 Å². The minimum Gasteiger partial charge on any atom is -0.496 e. The highest BCUT2D eigenvalue weighted by molar-refractivity contribution is 6.10. The van der Waals surface area contributed by atoms with Crippen LogP contribution in [0.15, 0.2) is 48.5 Å². The van der Waals surface area contributed by atoms with E-state index < -0.39 is 0 Å². The van der Waals surface area contributed by atoms with E-state index in [9.17, 15) is 9.59 Å². The summed E-state index contributed by atoms with van der Waals surface area (Å²) < 4.78 is 5.27. The minimum absolute atomic E-state index is 0.0327. The molecule has 0 aliphatic carbocycles. The maximum atomic E-state index is 12.6. The fraction of sp³-hybridized carbons (Fsp3) is 0.176. The van der Waals surface area contributed by atoms with Gasteiger partial charge in [-0.15, -0.1) is 0 Å². The maximum Gasteiger partial charge on any atom is 0.244 e. The summed E-state index contributed by atoms with van der Waals surface area (Å²) in [5, 5.41) is 2.77. The lowest BCUT2D eigenvalue weighted by Gasteiger charge is -2.29. The van der Waals surface area contributed by atoms with Gasteiger partial charge in [-0.3, -0.25) is 9.59 Å². The molecule has 1 aliphatic rings. The van der Waals surface area contributed by atoms with Crippen LogP contribution in [0, 0.1) is 0 Å². The molecule has 2 amide bonds. The quantitative estimate of drug-likeness (QED) is 0.945. The molecule has 2 aromatic rings. The van der Waals surface area contributed by atoms with Gasteiger partial charge < -0.3 is 15.0 Å². The molecule has 3 rings (SSSR count). The van der Waals surface area contributed by atoms with Crippen molar-refractivity contribution in [2.45, 2.75) is 6.42 Å². The monoisotopic (exact) mass is 296 g/mol. The molecule has 1 N–H and O–H groups in total. The molecule has 0 bridgehead atoms. The number of methoxy groups -OCH3 is 1. The lowest BCUT2D eigenvalue weighted by molar-refractivity contribution is -0.121. The average Bonchev–Trinajstić information content (AvgIpc) is 2.54. The van der Waals surface area contributed by atoms with Crippen molar-refractivity contribution in [3.05, 3.63) is 54.1 Å². The summed E-state index contributed by atoms with van der Waals surface area (Å²) in [7, 11) is 1.58.